The number of phenolic OH excluding ortho intramolecular Hbond substituents is 5. The first-order chi connectivity index (χ1) is 25.6. The van der Waals surface area contributed by atoms with Crippen molar-refractivity contribution in [2.24, 2.45) is 0 Å². The van der Waals surface area contributed by atoms with Crippen LogP contribution in [0.3, 0.4) is 0 Å². The molecule has 0 spiro atoms. The van der Waals surface area contributed by atoms with Crippen molar-refractivity contribution in [3.63, 3.8) is 0 Å². The molecular formula is C35H18Br10F6O5. The second-order valence-electron chi connectivity index (χ2n) is 11.8. The van der Waals surface area contributed by atoms with E-state index in [1.165, 1.54) is 0 Å². The molecule has 0 heterocycles. The highest BCUT2D eigenvalue weighted by atomic mass is 79.9. The first-order valence-corrected chi connectivity index (χ1v) is 22.6. The van der Waals surface area contributed by atoms with Gasteiger partial charge >= 0.3 is 12.4 Å². The highest BCUT2D eigenvalue weighted by Crippen LogP contribution is 2.62. The lowest BCUT2D eigenvalue weighted by Gasteiger charge is -2.39. The summed E-state index contributed by atoms with van der Waals surface area (Å²) in [6, 6.07) is 13.7. The Morgan fingerprint density at radius 2 is 0.661 bits per heavy atom. The van der Waals surface area contributed by atoms with Crippen LogP contribution in [0.5, 0.6) is 28.7 Å². The summed E-state index contributed by atoms with van der Waals surface area (Å²) in [7, 11) is 0. The maximum absolute atomic E-state index is 14.1. The minimum atomic E-state index is -5.83. The van der Waals surface area contributed by atoms with Gasteiger partial charge in [0.05, 0.1) is 35.8 Å². The first-order valence-electron chi connectivity index (χ1n) is 14.7. The van der Waals surface area contributed by atoms with Crippen LogP contribution >= 0.6 is 159 Å². The van der Waals surface area contributed by atoms with E-state index in [4.69, 9.17) is 0 Å². The van der Waals surface area contributed by atoms with Crippen LogP contribution in [0, 0.1) is 0 Å². The molecule has 0 aliphatic carbocycles. The fraction of sp³-hybridized carbons (Fsp3) is 0.143. The number of alkyl halides is 6. The maximum atomic E-state index is 14.1. The Morgan fingerprint density at radius 3 is 0.911 bits per heavy atom. The molecule has 0 unspecified atom stereocenters. The fourth-order valence-corrected chi connectivity index (χ4v) is 11.9. The highest BCUT2D eigenvalue weighted by Gasteiger charge is 2.74. The Morgan fingerprint density at radius 1 is 0.393 bits per heavy atom. The van der Waals surface area contributed by atoms with Crippen molar-refractivity contribution >= 4 is 159 Å². The Balaban J connectivity index is 0.000000249. The molecule has 5 N–H and O–H groups in total. The molecule has 0 saturated heterocycles. The van der Waals surface area contributed by atoms with Gasteiger partial charge < -0.3 is 25.5 Å². The van der Waals surface area contributed by atoms with E-state index in [1.807, 2.05) is 43.3 Å². The number of rotatable bonds is 5. The number of benzene rings is 5. The van der Waals surface area contributed by atoms with E-state index in [0.29, 0.717) is 39.0 Å². The van der Waals surface area contributed by atoms with Gasteiger partial charge in [-0.25, -0.2) is 0 Å². The second kappa shape index (κ2) is 17.8. The van der Waals surface area contributed by atoms with Crippen molar-refractivity contribution in [3.05, 3.63) is 133 Å². The molecule has 0 bridgehead atoms. The van der Waals surface area contributed by atoms with Gasteiger partial charge in [0.15, 0.2) is 0 Å². The topological polar surface area (TPSA) is 101 Å². The van der Waals surface area contributed by atoms with Crippen LogP contribution in [0.2, 0.25) is 0 Å². The van der Waals surface area contributed by atoms with E-state index in [1.54, 1.807) is 0 Å². The van der Waals surface area contributed by atoms with Crippen molar-refractivity contribution in [2.45, 2.75) is 30.1 Å². The van der Waals surface area contributed by atoms with E-state index in [0.717, 1.165) is 28.8 Å². The van der Waals surface area contributed by atoms with Crippen molar-refractivity contribution < 1.29 is 51.9 Å². The summed E-state index contributed by atoms with van der Waals surface area (Å²) >= 11 is 31.6. The molecule has 0 atom stereocenters. The van der Waals surface area contributed by atoms with Crippen molar-refractivity contribution in [2.75, 3.05) is 0 Å². The largest absolute Gasteiger partial charge is 0.508 e. The fourth-order valence-electron chi connectivity index (χ4n) is 5.64. The Labute approximate surface area is 398 Å². The van der Waals surface area contributed by atoms with E-state index in [9.17, 15) is 51.9 Å². The van der Waals surface area contributed by atoms with Gasteiger partial charge in [0.2, 0.25) is 5.41 Å². The van der Waals surface area contributed by atoms with Gasteiger partial charge in [-0.05, 0) is 237 Å². The zero-order valence-electron chi connectivity index (χ0n) is 27.1. The molecule has 0 aliphatic rings. The second-order valence-corrected chi connectivity index (χ2v) is 20.1. The van der Waals surface area contributed by atoms with Crippen LogP contribution < -0.4 is 0 Å². The van der Waals surface area contributed by atoms with Crippen LogP contribution in [0.25, 0.3) is 0 Å². The van der Waals surface area contributed by atoms with Crippen LogP contribution in [0.15, 0.2) is 105 Å². The Kier molecular flexibility index (Phi) is 15.3. The van der Waals surface area contributed by atoms with Crippen molar-refractivity contribution in [1.82, 2.24) is 0 Å². The molecule has 300 valence electrons. The average Bonchev–Trinajstić information content (AvgIpc) is 3.10. The van der Waals surface area contributed by atoms with Gasteiger partial charge in [-0.2, -0.15) is 26.3 Å². The number of halogens is 16. The van der Waals surface area contributed by atoms with Gasteiger partial charge in [-0.15, -0.1) is 0 Å². The van der Waals surface area contributed by atoms with E-state index < -0.39 is 63.7 Å². The van der Waals surface area contributed by atoms with Crippen LogP contribution in [0.4, 0.5) is 26.3 Å². The molecule has 5 nitrogen and oxygen atoms in total. The van der Waals surface area contributed by atoms with Crippen molar-refractivity contribution in [1.29, 1.82) is 0 Å². The van der Waals surface area contributed by atoms with Crippen LogP contribution in [0.1, 0.15) is 34.7 Å². The summed E-state index contributed by atoms with van der Waals surface area (Å²) in [6.07, 6.45) is -11.7. The lowest BCUT2D eigenvalue weighted by atomic mass is 9.71. The van der Waals surface area contributed by atoms with Crippen molar-refractivity contribution in [3.8, 4) is 28.7 Å². The maximum Gasteiger partial charge on any atom is 0.411 e. The zero-order chi connectivity index (χ0) is 42.6. The molecule has 5 rings (SSSR count). The van der Waals surface area contributed by atoms with Crippen LogP contribution in [-0.4, -0.2) is 37.9 Å². The molecule has 0 aliphatic heterocycles. The monoisotopic (exact) mass is 1420 g/mol. The van der Waals surface area contributed by atoms with Gasteiger partial charge in [-0.1, -0.05) is 12.1 Å². The molecule has 0 amide bonds. The molecule has 21 heteroatoms. The molecule has 56 heavy (non-hydrogen) atoms. The number of aromatic hydroxyl groups is 5. The van der Waals surface area contributed by atoms with Gasteiger partial charge in [0, 0.05) is 19.9 Å². The molecule has 5 aromatic rings. The number of phenols is 5. The van der Waals surface area contributed by atoms with Gasteiger partial charge in [-0.3, -0.25) is 0 Å². The third kappa shape index (κ3) is 8.79. The highest BCUT2D eigenvalue weighted by molar-refractivity contribution is 9.14. The molecule has 0 saturated carbocycles. The third-order valence-corrected chi connectivity index (χ3v) is 16.4. The van der Waals surface area contributed by atoms with Gasteiger partial charge in [0.1, 0.15) is 28.7 Å². The normalized spacial score (nSPS) is 12.4. The molecule has 5 aromatic carbocycles. The van der Waals surface area contributed by atoms with E-state index >= 15 is 0 Å². The number of hydrogen-bond donors (Lipinski definition) is 5. The predicted molar refractivity (Wildman–Crippen MR) is 236 cm³/mol. The molecule has 0 radical (unpaired) electrons. The summed E-state index contributed by atoms with van der Waals surface area (Å²) in [5, 5.41) is 49.8. The van der Waals surface area contributed by atoms with Crippen LogP contribution in [-0.2, 0) is 10.8 Å². The van der Waals surface area contributed by atoms with E-state index in [2.05, 4.69) is 159 Å². The smallest absolute Gasteiger partial charge is 0.411 e. The van der Waals surface area contributed by atoms with E-state index in [-0.39, 0.29) is 17.2 Å². The zero-order valence-corrected chi connectivity index (χ0v) is 42.9. The lowest BCUT2D eigenvalue weighted by molar-refractivity contribution is -0.289. The average molecular weight is 1430 g/mol. The predicted octanol–water partition coefficient (Wildman–Crippen LogP) is 16.3. The molecular weight excluding hydrogens is 1410 g/mol. The molecule has 0 aromatic heterocycles. The first kappa shape index (κ1) is 48.1. The molecule has 0 fully saturated rings. The summed E-state index contributed by atoms with van der Waals surface area (Å²) in [5.41, 5.74) is -4.93. The Bertz CT molecular complexity index is 2090. The summed E-state index contributed by atoms with van der Waals surface area (Å²) < 4.78 is 86.1. The van der Waals surface area contributed by atoms with Gasteiger partial charge in [0.25, 0.3) is 0 Å². The standard InChI is InChI=1S/C20H12Br6O3.C15H6Br4F6O2/c1-20(8-2-11(21)17(27)12(22)3-8,9-4-13(23)18(28)14(24)5-9)10-6-15(25)19(29)16(26)7-10;16-8-7(9(17)11(19)12(27)10(8)18)13(14(20,21)22,15(23,24)25)5-1-3-6(26)4-2-5/h2-7,27-29H,1H3;1-4,26-27H. The summed E-state index contributed by atoms with van der Waals surface area (Å²) in [6.45, 7) is 2.04. The lowest BCUT2D eigenvalue weighted by Crippen LogP contribution is -2.55. The quantitative estimate of drug-likeness (QED) is 0.0686. The number of hydrogen-bond acceptors (Lipinski definition) is 5. The summed E-state index contributed by atoms with van der Waals surface area (Å²) in [4.78, 5) is 0. The minimum absolute atomic E-state index is 0.109. The SMILES string of the molecule is CC(c1cc(Br)c(O)c(Br)c1)(c1cc(Br)c(O)c(Br)c1)c1cc(Br)c(O)c(Br)c1.Oc1ccc(C(c2c(Br)c(Br)c(O)c(Br)c2Br)(C(F)(F)F)C(F)(F)F)cc1. The Hall–Kier alpha value is -0.520. The minimum Gasteiger partial charge on any atom is -0.508 e. The third-order valence-electron chi connectivity index (χ3n) is 8.55. The summed E-state index contributed by atoms with van der Waals surface area (Å²) in [5.74, 6) is -0.767.